The molecule has 0 radical (unpaired) electrons. The summed E-state index contributed by atoms with van der Waals surface area (Å²) in [5, 5.41) is 4.20. The first-order valence-corrected chi connectivity index (χ1v) is 7.43. The fraction of sp³-hybridized carbons (Fsp3) is 0.600. The summed E-state index contributed by atoms with van der Waals surface area (Å²) in [6.45, 7) is 4.44. The average molecular weight is 282 g/mol. The molecule has 3 rings (SSSR count). The average Bonchev–Trinajstić information content (AvgIpc) is 3.22. The van der Waals surface area contributed by atoms with Gasteiger partial charge in [-0.05, 0) is 43.4 Å². The molecule has 1 N–H and O–H groups in total. The van der Waals surface area contributed by atoms with E-state index in [0.29, 0.717) is 30.0 Å². The van der Waals surface area contributed by atoms with Crippen molar-refractivity contribution in [3.63, 3.8) is 0 Å². The number of nitrogens with one attached hydrogen (secondary N) is 1. The molecule has 1 unspecified atom stereocenters. The Bertz CT molecular complexity index is 460. The molecule has 1 fully saturated rings. The highest BCUT2D eigenvalue weighted by molar-refractivity contribution is 6.32. The van der Waals surface area contributed by atoms with Crippen LogP contribution in [0, 0.1) is 5.92 Å². The SMILES string of the molecule is CC(NCc1cc(Cl)c2c(c1)OCCCO2)C1CC1. The molecule has 1 aliphatic carbocycles. The summed E-state index contributed by atoms with van der Waals surface area (Å²) >= 11 is 6.28. The molecular formula is C15H20ClNO2. The predicted molar refractivity (Wildman–Crippen MR) is 76.1 cm³/mol. The molecule has 0 aromatic heterocycles. The topological polar surface area (TPSA) is 30.5 Å². The molecular weight excluding hydrogens is 262 g/mol. The summed E-state index contributed by atoms with van der Waals surface area (Å²) in [4.78, 5) is 0. The van der Waals surface area contributed by atoms with Crippen LogP contribution >= 0.6 is 11.6 Å². The van der Waals surface area contributed by atoms with Crippen LogP contribution in [0.25, 0.3) is 0 Å². The van der Waals surface area contributed by atoms with Gasteiger partial charge in [0.2, 0.25) is 0 Å². The van der Waals surface area contributed by atoms with Crippen molar-refractivity contribution in [2.24, 2.45) is 5.92 Å². The summed E-state index contributed by atoms with van der Waals surface area (Å²) in [6, 6.07) is 4.59. The fourth-order valence-electron chi connectivity index (χ4n) is 2.43. The highest BCUT2D eigenvalue weighted by Crippen LogP contribution is 2.38. The van der Waals surface area contributed by atoms with Gasteiger partial charge in [0.25, 0.3) is 0 Å². The Morgan fingerprint density at radius 2 is 2.11 bits per heavy atom. The van der Waals surface area contributed by atoms with E-state index in [1.54, 1.807) is 0 Å². The molecule has 1 atom stereocenters. The monoisotopic (exact) mass is 281 g/mol. The number of halogens is 1. The van der Waals surface area contributed by atoms with Crippen LogP contribution in [-0.4, -0.2) is 19.3 Å². The maximum atomic E-state index is 6.28. The van der Waals surface area contributed by atoms with Crippen molar-refractivity contribution < 1.29 is 9.47 Å². The van der Waals surface area contributed by atoms with Gasteiger partial charge in [-0.2, -0.15) is 0 Å². The molecule has 1 heterocycles. The minimum atomic E-state index is 0.578. The molecule has 2 aliphatic rings. The third-order valence-corrected chi connectivity index (χ3v) is 4.10. The number of ether oxygens (including phenoxy) is 2. The van der Waals surface area contributed by atoms with E-state index >= 15 is 0 Å². The Balaban J connectivity index is 1.71. The number of hydrogen-bond acceptors (Lipinski definition) is 3. The Kier molecular flexibility index (Phi) is 3.85. The molecule has 1 aliphatic heterocycles. The molecule has 4 heteroatoms. The van der Waals surface area contributed by atoms with E-state index in [4.69, 9.17) is 21.1 Å². The number of rotatable bonds is 4. The van der Waals surface area contributed by atoms with Crippen molar-refractivity contribution in [2.75, 3.05) is 13.2 Å². The zero-order valence-electron chi connectivity index (χ0n) is 11.2. The van der Waals surface area contributed by atoms with Gasteiger partial charge in [-0.15, -0.1) is 0 Å². The maximum absolute atomic E-state index is 6.28. The highest BCUT2D eigenvalue weighted by atomic mass is 35.5. The van der Waals surface area contributed by atoms with E-state index in [9.17, 15) is 0 Å². The van der Waals surface area contributed by atoms with Crippen LogP contribution in [0.3, 0.4) is 0 Å². The number of fused-ring (bicyclic) bond motifs is 1. The lowest BCUT2D eigenvalue weighted by Crippen LogP contribution is -2.27. The molecule has 104 valence electrons. The third-order valence-electron chi connectivity index (χ3n) is 3.82. The zero-order chi connectivity index (χ0) is 13.2. The summed E-state index contributed by atoms with van der Waals surface area (Å²) in [6.07, 6.45) is 3.61. The summed E-state index contributed by atoms with van der Waals surface area (Å²) in [5.41, 5.74) is 1.15. The number of hydrogen-bond donors (Lipinski definition) is 1. The van der Waals surface area contributed by atoms with Crippen molar-refractivity contribution in [1.82, 2.24) is 5.32 Å². The van der Waals surface area contributed by atoms with Gasteiger partial charge >= 0.3 is 0 Å². The van der Waals surface area contributed by atoms with Crippen molar-refractivity contribution in [1.29, 1.82) is 0 Å². The first-order valence-electron chi connectivity index (χ1n) is 7.05. The van der Waals surface area contributed by atoms with E-state index in [-0.39, 0.29) is 0 Å². The maximum Gasteiger partial charge on any atom is 0.179 e. The summed E-state index contributed by atoms with van der Waals surface area (Å²) < 4.78 is 11.3. The lowest BCUT2D eigenvalue weighted by molar-refractivity contribution is 0.297. The Labute approximate surface area is 119 Å². The number of benzene rings is 1. The normalized spacial score (nSPS) is 19.9. The fourth-order valence-corrected chi connectivity index (χ4v) is 2.72. The molecule has 0 spiro atoms. The van der Waals surface area contributed by atoms with Gasteiger partial charge < -0.3 is 14.8 Å². The minimum Gasteiger partial charge on any atom is -0.489 e. The Morgan fingerprint density at radius 3 is 2.89 bits per heavy atom. The van der Waals surface area contributed by atoms with Gasteiger partial charge in [0.05, 0.1) is 18.2 Å². The second kappa shape index (κ2) is 5.59. The Hall–Kier alpha value is -0.930. The van der Waals surface area contributed by atoms with Gasteiger partial charge in [-0.3, -0.25) is 0 Å². The molecule has 0 saturated heterocycles. The highest BCUT2D eigenvalue weighted by Gasteiger charge is 2.27. The molecule has 0 amide bonds. The van der Waals surface area contributed by atoms with Gasteiger partial charge in [0.1, 0.15) is 0 Å². The van der Waals surface area contributed by atoms with Crippen LogP contribution in [0.4, 0.5) is 0 Å². The predicted octanol–water partition coefficient (Wildman–Crippen LogP) is 3.39. The van der Waals surface area contributed by atoms with Crippen LogP contribution < -0.4 is 14.8 Å². The van der Waals surface area contributed by atoms with Crippen molar-refractivity contribution >= 4 is 11.6 Å². The molecule has 1 aromatic carbocycles. The van der Waals surface area contributed by atoms with E-state index in [1.165, 1.54) is 12.8 Å². The van der Waals surface area contributed by atoms with E-state index in [2.05, 4.69) is 12.2 Å². The standard InChI is InChI=1S/C15H20ClNO2/c1-10(12-3-4-12)17-9-11-7-13(16)15-14(8-11)18-5-2-6-19-15/h7-8,10,12,17H,2-6,9H2,1H3. The third kappa shape index (κ3) is 3.15. The molecule has 0 bridgehead atoms. The van der Waals surface area contributed by atoms with Crippen LogP contribution in [-0.2, 0) is 6.54 Å². The van der Waals surface area contributed by atoms with Crippen LogP contribution in [0.2, 0.25) is 5.02 Å². The lowest BCUT2D eigenvalue weighted by atomic mass is 10.1. The van der Waals surface area contributed by atoms with E-state index in [0.717, 1.165) is 30.2 Å². The van der Waals surface area contributed by atoms with Gasteiger partial charge in [0, 0.05) is 19.0 Å². The van der Waals surface area contributed by atoms with Gasteiger partial charge in [-0.25, -0.2) is 0 Å². The van der Waals surface area contributed by atoms with Crippen molar-refractivity contribution in [2.45, 2.75) is 38.8 Å². The van der Waals surface area contributed by atoms with E-state index < -0.39 is 0 Å². The molecule has 3 nitrogen and oxygen atoms in total. The second-order valence-electron chi connectivity index (χ2n) is 5.46. The van der Waals surface area contributed by atoms with Crippen molar-refractivity contribution in [3.8, 4) is 11.5 Å². The van der Waals surface area contributed by atoms with Gasteiger partial charge in [0.15, 0.2) is 11.5 Å². The largest absolute Gasteiger partial charge is 0.489 e. The molecule has 1 aromatic rings. The summed E-state index contributed by atoms with van der Waals surface area (Å²) in [5.74, 6) is 2.33. The molecule has 19 heavy (non-hydrogen) atoms. The second-order valence-corrected chi connectivity index (χ2v) is 5.87. The van der Waals surface area contributed by atoms with Gasteiger partial charge in [-0.1, -0.05) is 11.6 Å². The van der Waals surface area contributed by atoms with Crippen molar-refractivity contribution in [3.05, 3.63) is 22.7 Å². The zero-order valence-corrected chi connectivity index (χ0v) is 12.0. The summed E-state index contributed by atoms with van der Waals surface area (Å²) in [7, 11) is 0. The Morgan fingerprint density at radius 1 is 1.32 bits per heavy atom. The first kappa shape index (κ1) is 13.1. The van der Waals surface area contributed by atoms with Crippen LogP contribution in [0.15, 0.2) is 12.1 Å². The quantitative estimate of drug-likeness (QED) is 0.918. The van der Waals surface area contributed by atoms with Crippen LogP contribution in [0.1, 0.15) is 31.7 Å². The first-order chi connectivity index (χ1) is 9.24. The lowest BCUT2D eigenvalue weighted by Gasteiger charge is -2.15. The molecule has 1 saturated carbocycles. The smallest absolute Gasteiger partial charge is 0.179 e. The van der Waals surface area contributed by atoms with E-state index in [1.807, 2.05) is 12.1 Å². The minimum absolute atomic E-state index is 0.578. The van der Waals surface area contributed by atoms with Crippen LogP contribution in [0.5, 0.6) is 11.5 Å².